The number of carbonyl (C=O) groups is 1. The number of hydrogen-bond donors (Lipinski definition) is 0. The molecule has 0 aromatic heterocycles. The van der Waals surface area contributed by atoms with Crippen LogP contribution in [0, 0.1) is 0 Å². The van der Waals surface area contributed by atoms with Gasteiger partial charge in [0.05, 0.1) is 6.54 Å². The molecule has 3 nitrogen and oxygen atoms in total. The van der Waals surface area contributed by atoms with Gasteiger partial charge in [0.15, 0.2) is 0 Å². The summed E-state index contributed by atoms with van der Waals surface area (Å²) in [6.07, 6.45) is 3.07. The second-order valence-corrected chi connectivity index (χ2v) is 4.36. The fraction of sp³-hybridized carbons (Fsp3) is 0.909. The lowest BCUT2D eigenvalue weighted by molar-refractivity contribution is -0.120. The first-order chi connectivity index (χ1) is 6.63. The molecule has 0 unspecified atom stereocenters. The third-order valence-electron chi connectivity index (χ3n) is 3.08. The molecule has 1 aliphatic heterocycles. The summed E-state index contributed by atoms with van der Waals surface area (Å²) in [6.45, 7) is 4.76. The first kappa shape index (κ1) is 11.7. The van der Waals surface area contributed by atoms with E-state index in [9.17, 15) is 4.79 Å². The summed E-state index contributed by atoms with van der Waals surface area (Å²) < 4.78 is 0. The van der Waals surface area contributed by atoms with Crippen molar-refractivity contribution in [1.82, 2.24) is 9.80 Å². The maximum Gasteiger partial charge on any atom is 0.146 e. The van der Waals surface area contributed by atoms with Gasteiger partial charge in [0.1, 0.15) is 5.78 Å². The zero-order chi connectivity index (χ0) is 10.6. The molecular formula is C11H22N2O. The second-order valence-electron chi connectivity index (χ2n) is 4.36. The molecule has 0 atom stereocenters. The number of hydrogen-bond acceptors (Lipinski definition) is 3. The van der Waals surface area contributed by atoms with Crippen LogP contribution in [-0.4, -0.2) is 55.4 Å². The van der Waals surface area contributed by atoms with E-state index in [1.807, 2.05) is 6.92 Å². The average Bonchev–Trinajstić information content (AvgIpc) is 2.18. The van der Waals surface area contributed by atoms with Crippen molar-refractivity contribution in [2.75, 3.05) is 33.7 Å². The van der Waals surface area contributed by atoms with Crippen molar-refractivity contribution in [1.29, 1.82) is 0 Å². The van der Waals surface area contributed by atoms with Crippen LogP contribution in [0.5, 0.6) is 0 Å². The summed E-state index contributed by atoms with van der Waals surface area (Å²) in [6, 6.07) is 0.711. The van der Waals surface area contributed by atoms with Crippen LogP contribution < -0.4 is 0 Å². The van der Waals surface area contributed by atoms with Gasteiger partial charge in [0, 0.05) is 25.6 Å². The maximum absolute atomic E-state index is 11.2. The minimum atomic E-state index is 0.369. The predicted molar refractivity (Wildman–Crippen MR) is 58.4 cm³/mol. The van der Waals surface area contributed by atoms with Gasteiger partial charge in [-0.15, -0.1) is 0 Å². The Morgan fingerprint density at radius 1 is 1.36 bits per heavy atom. The van der Waals surface area contributed by atoms with E-state index in [1.54, 1.807) is 0 Å². The maximum atomic E-state index is 11.2. The SMILES string of the molecule is CCC(=O)CN1CCC(N(C)C)CC1. The molecule has 1 heterocycles. The van der Waals surface area contributed by atoms with Gasteiger partial charge < -0.3 is 4.90 Å². The molecule has 1 aliphatic rings. The lowest BCUT2D eigenvalue weighted by Gasteiger charge is -2.34. The summed E-state index contributed by atoms with van der Waals surface area (Å²) in [4.78, 5) is 15.8. The van der Waals surface area contributed by atoms with E-state index in [2.05, 4.69) is 23.9 Å². The molecule has 0 aliphatic carbocycles. The zero-order valence-corrected chi connectivity index (χ0v) is 9.62. The highest BCUT2D eigenvalue weighted by Crippen LogP contribution is 2.13. The van der Waals surface area contributed by atoms with Crippen molar-refractivity contribution in [2.45, 2.75) is 32.2 Å². The van der Waals surface area contributed by atoms with Crippen molar-refractivity contribution >= 4 is 5.78 Å². The minimum absolute atomic E-state index is 0.369. The third kappa shape index (κ3) is 3.39. The van der Waals surface area contributed by atoms with Crippen LogP contribution >= 0.6 is 0 Å². The largest absolute Gasteiger partial charge is 0.306 e. The van der Waals surface area contributed by atoms with E-state index in [4.69, 9.17) is 0 Å². The van der Waals surface area contributed by atoms with Crippen molar-refractivity contribution < 1.29 is 4.79 Å². The van der Waals surface area contributed by atoms with Crippen LogP contribution in [0.3, 0.4) is 0 Å². The summed E-state index contributed by atoms with van der Waals surface area (Å²) >= 11 is 0. The van der Waals surface area contributed by atoms with Crippen LogP contribution in [0.15, 0.2) is 0 Å². The Bertz CT molecular complexity index is 184. The number of piperidine rings is 1. The van der Waals surface area contributed by atoms with E-state index in [-0.39, 0.29) is 0 Å². The van der Waals surface area contributed by atoms with Gasteiger partial charge in [-0.25, -0.2) is 0 Å². The molecule has 0 aromatic carbocycles. The lowest BCUT2D eigenvalue weighted by Crippen LogP contribution is -2.43. The molecule has 1 rings (SSSR count). The van der Waals surface area contributed by atoms with Crippen LogP contribution in [0.2, 0.25) is 0 Å². The highest BCUT2D eigenvalue weighted by Gasteiger charge is 2.21. The van der Waals surface area contributed by atoms with E-state index < -0.39 is 0 Å². The Morgan fingerprint density at radius 2 is 1.93 bits per heavy atom. The molecular weight excluding hydrogens is 176 g/mol. The molecule has 0 aromatic rings. The zero-order valence-electron chi connectivity index (χ0n) is 9.62. The van der Waals surface area contributed by atoms with Crippen molar-refractivity contribution in [3.63, 3.8) is 0 Å². The monoisotopic (exact) mass is 198 g/mol. The van der Waals surface area contributed by atoms with Crippen LogP contribution in [0.4, 0.5) is 0 Å². The molecule has 1 fully saturated rings. The average molecular weight is 198 g/mol. The smallest absolute Gasteiger partial charge is 0.146 e. The highest BCUT2D eigenvalue weighted by atomic mass is 16.1. The molecule has 0 bridgehead atoms. The molecule has 3 heteroatoms. The Balaban J connectivity index is 2.25. The van der Waals surface area contributed by atoms with Gasteiger partial charge in [-0.1, -0.05) is 6.92 Å². The summed E-state index contributed by atoms with van der Waals surface area (Å²) in [5.41, 5.74) is 0. The van der Waals surface area contributed by atoms with E-state index in [0.29, 0.717) is 24.8 Å². The summed E-state index contributed by atoms with van der Waals surface area (Å²) in [5.74, 6) is 0.369. The normalized spacial score (nSPS) is 20.3. The Kier molecular flexibility index (Phi) is 4.55. The summed E-state index contributed by atoms with van der Waals surface area (Å²) in [7, 11) is 4.27. The predicted octanol–water partition coefficient (Wildman–Crippen LogP) is 0.991. The number of nitrogens with zero attached hydrogens (tertiary/aromatic N) is 2. The van der Waals surface area contributed by atoms with Gasteiger partial charge in [-0.05, 0) is 26.9 Å². The van der Waals surface area contributed by atoms with Crippen LogP contribution in [0.1, 0.15) is 26.2 Å². The van der Waals surface area contributed by atoms with Crippen molar-refractivity contribution in [3.8, 4) is 0 Å². The van der Waals surface area contributed by atoms with Crippen molar-refractivity contribution in [2.24, 2.45) is 0 Å². The Morgan fingerprint density at radius 3 is 2.36 bits per heavy atom. The molecule has 1 saturated heterocycles. The molecule has 0 radical (unpaired) electrons. The fourth-order valence-electron chi connectivity index (χ4n) is 1.96. The second kappa shape index (κ2) is 5.47. The summed E-state index contributed by atoms with van der Waals surface area (Å²) in [5, 5.41) is 0. The molecule has 0 spiro atoms. The number of rotatable bonds is 4. The molecule has 0 amide bonds. The van der Waals surface area contributed by atoms with E-state index >= 15 is 0 Å². The Labute approximate surface area is 87.1 Å². The number of ketones is 1. The molecule has 0 N–H and O–H groups in total. The van der Waals surface area contributed by atoms with Gasteiger partial charge in [0.2, 0.25) is 0 Å². The van der Waals surface area contributed by atoms with Gasteiger partial charge in [-0.2, -0.15) is 0 Å². The van der Waals surface area contributed by atoms with Gasteiger partial charge in [-0.3, -0.25) is 9.69 Å². The Hall–Kier alpha value is -0.410. The molecule has 82 valence electrons. The van der Waals surface area contributed by atoms with E-state index in [0.717, 1.165) is 13.1 Å². The van der Waals surface area contributed by atoms with Crippen LogP contribution in [0.25, 0.3) is 0 Å². The van der Waals surface area contributed by atoms with Gasteiger partial charge in [0.25, 0.3) is 0 Å². The standard InChI is InChI=1S/C11H22N2O/c1-4-11(14)9-13-7-5-10(6-8-13)12(2)3/h10H,4-9H2,1-3H3. The fourth-order valence-corrected chi connectivity index (χ4v) is 1.96. The quantitative estimate of drug-likeness (QED) is 0.673. The number of likely N-dealkylation sites (tertiary alicyclic amines) is 1. The lowest BCUT2D eigenvalue weighted by atomic mass is 10.0. The van der Waals surface area contributed by atoms with Crippen LogP contribution in [-0.2, 0) is 4.79 Å². The first-order valence-corrected chi connectivity index (χ1v) is 5.54. The minimum Gasteiger partial charge on any atom is -0.306 e. The van der Waals surface area contributed by atoms with Crippen molar-refractivity contribution in [3.05, 3.63) is 0 Å². The molecule has 0 saturated carbocycles. The number of Topliss-reactive ketones (excluding diaryl/α,β-unsaturated/α-hetero) is 1. The highest BCUT2D eigenvalue weighted by molar-refractivity contribution is 5.80. The topological polar surface area (TPSA) is 23.6 Å². The van der Waals surface area contributed by atoms with Gasteiger partial charge >= 0.3 is 0 Å². The molecule has 14 heavy (non-hydrogen) atoms. The van der Waals surface area contributed by atoms with E-state index in [1.165, 1.54) is 12.8 Å². The number of carbonyl (C=O) groups excluding carboxylic acids is 1. The first-order valence-electron chi connectivity index (χ1n) is 5.54. The third-order valence-corrected chi connectivity index (χ3v) is 3.08.